The smallest absolute Gasteiger partial charge is 0.369 e. The van der Waals surface area contributed by atoms with Crippen molar-refractivity contribution in [2.75, 3.05) is 23.0 Å². The molecule has 5 rings (SSSR count). The molecular weight excluding hydrogens is 581 g/mol. The third kappa shape index (κ3) is 7.45. The van der Waals surface area contributed by atoms with Gasteiger partial charge in [0.2, 0.25) is 0 Å². The first-order chi connectivity index (χ1) is 22.4. The van der Waals surface area contributed by atoms with Crippen molar-refractivity contribution < 1.29 is 8.85 Å². The van der Waals surface area contributed by atoms with Gasteiger partial charge >= 0.3 is 8.56 Å². The Morgan fingerprint density at radius 1 is 0.391 bits per heavy atom. The van der Waals surface area contributed by atoms with Gasteiger partial charge in [0.15, 0.2) is 0 Å². The Morgan fingerprint density at radius 3 is 0.870 bits per heavy atom. The lowest BCUT2D eigenvalue weighted by Crippen LogP contribution is -2.51. The minimum atomic E-state index is -2.48. The normalized spacial score (nSPS) is 11.4. The molecule has 4 nitrogen and oxygen atoms in total. The van der Waals surface area contributed by atoms with Crippen molar-refractivity contribution in [3.8, 4) is 0 Å². The highest BCUT2D eigenvalue weighted by Gasteiger charge is 2.33. The van der Waals surface area contributed by atoms with E-state index in [0.29, 0.717) is 13.2 Å². The standard InChI is InChI=1S/C41H48N2O2Si/c1-7-32-12-18-35(19-13-32)42(36-20-14-33(8-2)15-21-36)38-24-26-39(27-25-38)43(37-22-16-34(9-3)17-23-37)40-28-30-41(31-29-40)46(6,44-10-4)45-11-5/h12-31H,7-11H2,1-6H3. The van der Waals surface area contributed by atoms with Crippen molar-refractivity contribution in [2.45, 2.75) is 60.4 Å². The van der Waals surface area contributed by atoms with Gasteiger partial charge in [0.25, 0.3) is 0 Å². The van der Waals surface area contributed by atoms with Crippen LogP contribution in [-0.2, 0) is 28.1 Å². The lowest BCUT2D eigenvalue weighted by atomic mass is 10.1. The highest BCUT2D eigenvalue weighted by Crippen LogP contribution is 2.39. The third-order valence-electron chi connectivity index (χ3n) is 8.66. The summed E-state index contributed by atoms with van der Waals surface area (Å²) in [5.74, 6) is 0. The molecule has 0 fully saturated rings. The Morgan fingerprint density at radius 2 is 0.630 bits per heavy atom. The van der Waals surface area contributed by atoms with E-state index in [1.54, 1.807) is 0 Å². The number of hydrogen-bond acceptors (Lipinski definition) is 4. The summed E-state index contributed by atoms with van der Waals surface area (Å²) in [6, 6.07) is 44.4. The molecule has 5 aromatic rings. The number of rotatable bonds is 14. The van der Waals surface area contributed by atoms with Crippen LogP contribution in [0.15, 0.2) is 121 Å². The van der Waals surface area contributed by atoms with E-state index in [-0.39, 0.29) is 0 Å². The van der Waals surface area contributed by atoms with Gasteiger partial charge in [0, 0.05) is 47.3 Å². The molecule has 5 aromatic carbocycles. The molecular formula is C41H48N2O2Si. The van der Waals surface area contributed by atoms with Crippen LogP contribution in [0.3, 0.4) is 0 Å². The van der Waals surface area contributed by atoms with E-state index in [1.165, 1.54) is 16.7 Å². The molecule has 0 N–H and O–H groups in total. The molecule has 0 amide bonds. The molecule has 0 saturated carbocycles. The Hall–Kier alpha value is -4.16. The van der Waals surface area contributed by atoms with Crippen LogP contribution in [0.25, 0.3) is 0 Å². The molecule has 0 bridgehead atoms. The molecule has 0 atom stereocenters. The van der Waals surface area contributed by atoms with Crippen LogP contribution in [-0.4, -0.2) is 21.8 Å². The first-order valence-corrected chi connectivity index (χ1v) is 19.1. The molecule has 0 aromatic heterocycles. The van der Waals surface area contributed by atoms with Gasteiger partial charge in [-0.05, 0) is 134 Å². The second-order valence-electron chi connectivity index (χ2n) is 11.6. The molecule has 0 aliphatic heterocycles. The van der Waals surface area contributed by atoms with Crippen molar-refractivity contribution in [3.05, 3.63) is 138 Å². The summed E-state index contributed by atoms with van der Waals surface area (Å²) >= 11 is 0. The average Bonchev–Trinajstić information content (AvgIpc) is 3.10. The summed E-state index contributed by atoms with van der Waals surface area (Å²) in [7, 11) is -2.48. The van der Waals surface area contributed by atoms with Gasteiger partial charge in [0.05, 0.1) is 0 Å². The van der Waals surface area contributed by atoms with E-state index in [2.05, 4.69) is 158 Å². The SMILES string of the molecule is CCO[Si](C)(OCC)c1ccc(N(c2ccc(CC)cc2)c2ccc(N(c3ccc(CC)cc3)c3ccc(CC)cc3)cc2)cc1. The minimum Gasteiger partial charge on any atom is -0.391 e. The molecule has 238 valence electrons. The number of benzene rings is 5. The fraction of sp³-hybridized carbons (Fsp3) is 0.268. The monoisotopic (exact) mass is 628 g/mol. The zero-order valence-corrected chi connectivity index (χ0v) is 29.3. The highest BCUT2D eigenvalue weighted by molar-refractivity contribution is 6.80. The molecule has 0 aliphatic carbocycles. The van der Waals surface area contributed by atoms with Gasteiger partial charge in [-0.15, -0.1) is 0 Å². The molecule has 0 spiro atoms. The Labute approximate surface area is 277 Å². The van der Waals surface area contributed by atoms with Gasteiger partial charge in [0.1, 0.15) is 0 Å². The first kappa shape index (κ1) is 33.2. The van der Waals surface area contributed by atoms with Gasteiger partial charge in [-0.25, -0.2) is 0 Å². The van der Waals surface area contributed by atoms with Gasteiger partial charge < -0.3 is 18.7 Å². The van der Waals surface area contributed by atoms with Crippen molar-refractivity contribution in [1.82, 2.24) is 0 Å². The molecule has 0 heterocycles. The number of hydrogen-bond donors (Lipinski definition) is 0. The summed E-state index contributed by atoms with van der Waals surface area (Å²) in [5, 5.41) is 1.13. The zero-order chi connectivity index (χ0) is 32.5. The maximum Gasteiger partial charge on any atom is 0.369 e. The third-order valence-corrected chi connectivity index (χ3v) is 11.7. The first-order valence-electron chi connectivity index (χ1n) is 16.8. The van der Waals surface area contributed by atoms with E-state index in [4.69, 9.17) is 8.85 Å². The maximum absolute atomic E-state index is 6.18. The minimum absolute atomic E-state index is 0.634. The highest BCUT2D eigenvalue weighted by atomic mass is 28.4. The predicted molar refractivity (Wildman–Crippen MR) is 198 cm³/mol. The van der Waals surface area contributed by atoms with Gasteiger partial charge in [-0.1, -0.05) is 69.3 Å². The Kier molecular flexibility index (Phi) is 11.1. The quantitative estimate of drug-likeness (QED) is 0.114. The molecule has 46 heavy (non-hydrogen) atoms. The topological polar surface area (TPSA) is 24.9 Å². The van der Waals surface area contributed by atoms with E-state index in [9.17, 15) is 0 Å². The lowest BCUT2D eigenvalue weighted by molar-refractivity contribution is 0.202. The predicted octanol–water partition coefficient (Wildman–Crippen LogP) is 10.7. The van der Waals surface area contributed by atoms with Crippen molar-refractivity contribution >= 4 is 47.9 Å². The summed E-state index contributed by atoms with van der Waals surface area (Å²) in [6.45, 7) is 14.1. The fourth-order valence-corrected chi connectivity index (χ4v) is 8.25. The van der Waals surface area contributed by atoms with Crippen LogP contribution in [0.5, 0.6) is 0 Å². The van der Waals surface area contributed by atoms with E-state index in [0.717, 1.165) is 58.6 Å². The van der Waals surface area contributed by atoms with E-state index < -0.39 is 8.56 Å². The fourth-order valence-electron chi connectivity index (χ4n) is 5.96. The number of anilines is 6. The summed E-state index contributed by atoms with van der Waals surface area (Å²) in [6.07, 6.45) is 3.06. The number of nitrogens with zero attached hydrogens (tertiary/aromatic N) is 2. The summed E-state index contributed by atoms with van der Waals surface area (Å²) in [5.41, 5.74) is 10.7. The van der Waals surface area contributed by atoms with Crippen LogP contribution in [0, 0.1) is 0 Å². The molecule has 0 radical (unpaired) electrons. The Bertz CT molecular complexity index is 1600. The van der Waals surface area contributed by atoms with Crippen LogP contribution in [0.4, 0.5) is 34.1 Å². The van der Waals surface area contributed by atoms with E-state index >= 15 is 0 Å². The van der Waals surface area contributed by atoms with Crippen molar-refractivity contribution in [1.29, 1.82) is 0 Å². The van der Waals surface area contributed by atoms with Gasteiger partial charge in [-0.2, -0.15) is 0 Å². The van der Waals surface area contributed by atoms with E-state index in [1.807, 2.05) is 13.8 Å². The van der Waals surface area contributed by atoms with Crippen LogP contribution >= 0.6 is 0 Å². The molecule has 0 unspecified atom stereocenters. The molecule has 5 heteroatoms. The number of aryl methyl sites for hydroxylation is 3. The van der Waals surface area contributed by atoms with Crippen molar-refractivity contribution in [2.24, 2.45) is 0 Å². The molecule has 0 saturated heterocycles. The van der Waals surface area contributed by atoms with Gasteiger partial charge in [-0.3, -0.25) is 0 Å². The average molecular weight is 629 g/mol. The second-order valence-corrected chi connectivity index (χ2v) is 14.7. The zero-order valence-electron chi connectivity index (χ0n) is 28.3. The maximum atomic E-state index is 6.18. The Balaban J connectivity index is 1.55. The summed E-state index contributed by atoms with van der Waals surface area (Å²) < 4.78 is 12.4. The largest absolute Gasteiger partial charge is 0.391 e. The molecule has 0 aliphatic rings. The summed E-state index contributed by atoms with van der Waals surface area (Å²) in [4.78, 5) is 4.66. The van der Waals surface area contributed by atoms with Crippen molar-refractivity contribution in [3.63, 3.8) is 0 Å². The van der Waals surface area contributed by atoms with Crippen LogP contribution in [0.2, 0.25) is 6.55 Å². The lowest BCUT2D eigenvalue weighted by Gasteiger charge is -2.30. The van der Waals surface area contributed by atoms with Crippen LogP contribution in [0.1, 0.15) is 51.3 Å². The van der Waals surface area contributed by atoms with Crippen LogP contribution < -0.4 is 15.0 Å². The second kappa shape index (κ2) is 15.4.